The number of aryl methyl sites for hydroxylation is 1. The van der Waals surface area contributed by atoms with Gasteiger partial charge in [-0.15, -0.1) is 0 Å². The van der Waals surface area contributed by atoms with Crippen LogP contribution in [0.4, 0.5) is 0 Å². The average molecular weight is 244 g/mol. The molecule has 3 N–H and O–H groups in total. The van der Waals surface area contributed by atoms with Gasteiger partial charge in [-0.2, -0.15) is 0 Å². The van der Waals surface area contributed by atoms with Gasteiger partial charge in [0, 0.05) is 5.56 Å². The van der Waals surface area contributed by atoms with Gasteiger partial charge in [-0.1, -0.05) is 6.07 Å². The quantitative estimate of drug-likeness (QED) is 0.674. The molecule has 0 radical (unpaired) electrons. The minimum absolute atomic E-state index is 0.168. The van der Waals surface area contributed by atoms with Crippen LogP contribution in [0.2, 0.25) is 0 Å². The van der Waals surface area contributed by atoms with Gasteiger partial charge in [0.15, 0.2) is 11.5 Å². The third kappa shape index (κ3) is 1.88. The summed E-state index contributed by atoms with van der Waals surface area (Å²) in [6.45, 7) is 5.80. The van der Waals surface area contributed by atoms with E-state index in [-0.39, 0.29) is 17.2 Å². The number of phenols is 3. The van der Waals surface area contributed by atoms with E-state index < -0.39 is 0 Å². The zero-order chi connectivity index (χ0) is 13.4. The lowest BCUT2D eigenvalue weighted by Crippen LogP contribution is -1.90. The van der Waals surface area contributed by atoms with Gasteiger partial charge in [0.05, 0.1) is 0 Å². The van der Waals surface area contributed by atoms with Crippen LogP contribution in [-0.4, -0.2) is 15.3 Å². The summed E-state index contributed by atoms with van der Waals surface area (Å²) < 4.78 is 0. The zero-order valence-electron chi connectivity index (χ0n) is 10.7. The van der Waals surface area contributed by atoms with Crippen molar-refractivity contribution < 1.29 is 15.3 Å². The van der Waals surface area contributed by atoms with Crippen molar-refractivity contribution in [2.75, 3.05) is 0 Å². The van der Waals surface area contributed by atoms with Crippen molar-refractivity contribution in [2.45, 2.75) is 20.8 Å². The Balaban J connectivity index is 2.67. The number of benzene rings is 2. The molecule has 2 aromatic rings. The molecule has 0 atom stereocenters. The second-order valence-electron chi connectivity index (χ2n) is 4.54. The number of rotatable bonds is 1. The standard InChI is InChI=1S/C15H16O3/c1-8-6-12(15(18)10(3)9(8)2)11-4-5-13(16)14(17)7-11/h4-7,16-18H,1-3H3. The first-order valence-electron chi connectivity index (χ1n) is 5.74. The van der Waals surface area contributed by atoms with Crippen molar-refractivity contribution in [2.24, 2.45) is 0 Å². The Morgan fingerprint density at radius 3 is 2.06 bits per heavy atom. The molecular weight excluding hydrogens is 228 g/mol. The molecule has 0 bridgehead atoms. The van der Waals surface area contributed by atoms with Crippen LogP contribution in [-0.2, 0) is 0 Å². The van der Waals surface area contributed by atoms with Crippen molar-refractivity contribution in [3.63, 3.8) is 0 Å². The maximum Gasteiger partial charge on any atom is 0.158 e. The maximum absolute atomic E-state index is 10.2. The SMILES string of the molecule is Cc1cc(-c2ccc(O)c(O)c2)c(O)c(C)c1C. The van der Waals surface area contributed by atoms with Crippen LogP contribution < -0.4 is 0 Å². The smallest absolute Gasteiger partial charge is 0.158 e. The number of hydrogen-bond acceptors (Lipinski definition) is 3. The van der Waals surface area contributed by atoms with E-state index in [4.69, 9.17) is 0 Å². The van der Waals surface area contributed by atoms with E-state index in [1.54, 1.807) is 6.07 Å². The van der Waals surface area contributed by atoms with Crippen molar-refractivity contribution in [1.82, 2.24) is 0 Å². The highest BCUT2D eigenvalue weighted by molar-refractivity contribution is 5.75. The van der Waals surface area contributed by atoms with Gasteiger partial charge in [-0.05, 0) is 61.2 Å². The molecule has 0 heterocycles. The highest BCUT2D eigenvalue weighted by Gasteiger charge is 2.12. The lowest BCUT2D eigenvalue weighted by molar-refractivity contribution is 0.404. The molecule has 0 aliphatic rings. The largest absolute Gasteiger partial charge is 0.507 e. The highest BCUT2D eigenvalue weighted by atomic mass is 16.3. The molecule has 0 fully saturated rings. The Hall–Kier alpha value is -2.16. The Bertz CT molecular complexity index is 616. The van der Waals surface area contributed by atoms with Crippen LogP contribution in [0.25, 0.3) is 11.1 Å². The van der Waals surface area contributed by atoms with E-state index in [9.17, 15) is 15.3 Å². The first-order chi connectivity index (χ1) is 8.41. The average Bonchev–Trinajstić information content (AvgIpc) is 2.35. The summed E-state index contributed by atoms with van der Waals surface area (Å²) >= 11 is 0. The molecule has 3 heteroatoms. The fraction of sp³-hybridized carbons (Fsp3) is 0.200. The van der Waals surface area contributed by atoms with Gasteiger partial charge in [0.1, 0.15) is 5.75 Å². The molecule has 94 valence electrons. The molecule has 2 rings (SSSR count). The van der Waals surface area contributed by atoms with Gasteiger partial charge in [0.25, 0.3) is 0 Å². The van der Waals surface area contributed by atoms with Crippen molar-refractivity contribution in [3.05, 3.63) is 41.0 Å². The highest BCUT2D eigenvalue weighted by Crippen LogP contribution is 2.38. The number of phenolic OH excluding ortho intramolecular Hbond substituents is 3. The Morgan fingerprint density at radius 2 is 1.44 bits per heavy atom. The topological polar surface area (TPSA) is 60.7 Å². The third-order valence-electron chi connectivity index (χ3n) is 3.41. The van der Waals surface area contributed by atoms with Crippen molar-refractivity contribution >= 4 is 0 Å². The second-order valence-corrected chi connectivity index (χ2v) is 4.54. The Morgan fingerprint density at radius 1 is 0.778 bits per heavy atom. The zero-order valence-corrected chi connectivity index (χ0v) is 10.7. The maximum atomic E-state index is 10.2. The Labute approximate surface area is 106 Å². The van der Waals surface area contributed by atoms with Crippen LogP contribution >= 0.6 is 0 Å². The van der Waals surface area contributed by atoms with Gasteiger partial charge >= 0.3 is 0 Å². The predicted octanol–water partition coefficient (Wildman–Crippen LogP) is 3.40. The fourth-order valence-corrected chi connectivity index (χ4v) is 1.98. The van der Waals surface area contributed by atoms with Crippen molar-refractivity contribution in [3.8, 4) is 28.4 Å². The molecule has 0 spiro atoms. The molecule has 0 saturated heterocycles. The minimum Gasteiger partial charge on any atom is -0.507 e. The summed E-state index contributed by atoms with van der Waals surface area (Å²) in [5, 5.41) is 29.0. The summed E-state index contributed by atoms with van der Waals surface area (Å²) in [7, 11) is 0. The molecule has 0 aliphatic heterocycles. The van der Waals surface area contributed by atoms with E-state index in [2.05, 4.69) is 0 Å². The molecule has 2 aromatic carbocycles. The van der Waals surface area contributed by atoms with Gasteiger partial charge in [-0.25, -0.2) is 0 Å². The van der Waals surface area contributed by atoms with Crippen LogP contribution in [0.5, 0.6) is 17.2 Å². The first-order valence-corrected chi connectivity index (χ1v) is 5.74. The van der Waals surface area contributed by atoms with Crippen LogP contribution in [0.1, 0.15) is 16.7 Å². The van der Waals surface area contributed by atoms with Crippen LogP contribution in [0.15, 0.2) is 24.3 Å². The van der Waals surface area contributed by atoms with E-state index in [1.807, 2.05) is 26.8 Å². The summed E-state index contributed by atoms with van der Waals surface area (Å²) in [5.41, 5.74) is 4.30. The van der Waals surface area contributed by atoms with Crippen LogP contribution in [0, 0.1) is 20.8 Å². The minimum atomic E-state index is -0.192. The monoisotopic (exact) mass is 244 g/mol. The second kappa shape index (κ2) is 4.26. The van der Waals surface area contributed by atoms with Crippen molar-refractivity contribution in [1.29, 1.82) is 0 Å². The molecular formula is C15H16O3. The molecule has 0 aromatic heterocycles. The molecule has 0 unspecified atom stereocenters. The van der Waals surface area contributed by atoms with E-state index in [0.717, 1.165) is 16.7 Å². The molecule has 0 amide bonds. The van der Waals surface area contributed by atoms with E-state index in [1.165, 1.54) is 12.1 Å². The summed E-state index contributed by atoms with van der Waals surface area (Å²) in [6.07, 6.45) is 0. The summed E-state index contributed by atoms with van der Waals surface area (Å²) in [4.78, 5) is 0. The number of aromatic hydroxyl groups is 3. The lowest BCUT2D eigenvalue weighted by Gasteiger charge is -2.13. The molecule has 0 saturated carbocycles. The predicted molar refractivity (Wildman–Crippen MR) is 71.1 cm³/mol. The lowest BCUT2D eigenvalue weighted by atomic mass is 9.95. The Kier molecular flexibility index (Phi) is 2.91. The third-order valence-corrected chi connectivity index (χ3v) is 3.41. The van der Waals surface area contributed by atoms with Crippen LogP contribution in [0.3, 0.4) is 0 Å². The summed E-state index contributed by atoms with van der Waals surface area (Å²) in [6, 6.07) is 6.40. The van der Waals surface area contributed by atoms with E-state index in [0.29, 0.717) is 11.1 Å². The normalized spacial score (nSPS) is 10.6. The molecule has 0 aliphatic carbocycles. The fourth-order valence-electron chi connectivity index (χ4n) is 1.98. The van der Waals surface area contributed by atoms with Gasteiger partial charge in [-0.3, -0.25) is 0 Å². The van der Waals surface area contributed by atoms with E-state index >= 15 is 0 Å². The molecule has 3 nitrogen and oxygen atoms in total. The van der Waals surface area contributed by atoms with Gasteiger partial charge < -0.3 is 15.3 Å². The summed E-state index contributed by atoms with van der Waals surface area (Å²) in [5.74, 6) is -0.148. The van der Waals surface area contributed by atoms with Gasteiger partial charge in [0.2, 0.25) is 0 Å². The molecule has 18 heavy (non-hydrogen) atoms. The first kappa shape index (κ1) is 12.3. The number of hydrogen-bond donors (Lipinski definition) is 3.